The van der Waals surface area contributed by atoms with E-state index < -0.39 is 0 Å². The van der Waals surface area contributed by atoms with Gasteiger partial charge in [0.2, 0.25) is 0 Å². The van der Waals surface area contributed by atoms with Gasteiger partial charge < -0.3 is 0 Å². The zero-order chi connectivity index (χ0) is 21.4. The second kappa shape index (κ2) is 8.24. The van der Waals surface area contributed by atoms with E-state index in [2.05, 4.69) is 62.4 Å². The number of nitrogens with zero attached hydrogens (tertiary/aromatic N) is 1. The lowest BCUT2D eigenvalue weighted by Crippen LogP contribution is -1.96. The maximum atomic E-state index is 13.7. The third-order valence-electron chi connectivity index (χ3n) is 6.17. The van der Waals surface area contributed by atoms with Crippen molar-refractivity contribution in [2.45, 2.75) is 32.6 Å². The third-order valence-corrected chi connectivity index (χ3v) is 7.38. The summed E-state index contributed by atoms with van der Waals surface area (Å²) in [6, 6.07) is 24.1. The summed E-state index contributed by atoms with van der Waals surface area (Å²) in [6.07, 6.45) is 4.21. The molecule has 0 N–H and O–H groups in total. The Bertz CT molecular complexity index is 1380. The monoisotopic (exact) mass is 425 g/mol. The standard InChI is InChI=1S/C28H24FNS/c1-3-18(4-2)21-13-14-30-26(16-21)25-10-6-9-24-23-12-11-20(17-27(23)31-28(24)25)19-7-5-8-22(29)15-19/h5-18H,3-4H2,1-2H3. The zero-order valence-corrected chi connectivity index (χ0v) is 18.5. The summed E-state index contributed by atoms with van der Waals surface area (Å²) in [7, 11) is 0. The molecule has 5 rings (SSSR count). The molecule has 31 heavy (non-hydrogen) atoms. The molecule has 2 heterocycles. The quantitative estimate of drug-likeness (QED) is 0.274. The Kier molecular flexibility index (Phi) is 5.29. The largest absolute Gasteiger partial charge is 0.256 e. The van der Waals surface area contributed by atoms with Gasteiger partial charge in [-0.25, -0.2) is 4.39 Å². The first-order valence-electron chi connectivity index (χ1n) is 10.9. The molecule has 2 aromatic heterocycles. The highest BCUT2D eigenvalue weighted by molar-refractivity contribution is 7.26. The highest BCUT2D eigenvalue weighted by Crippen LogP contribution is 2.41. The van der Waals surface area contributed by atoms with Crippen LogP contribution in [0.1, 0.15) is 38.2 Å². The molecule has 0 atom stereocenters. The molecule has 0 bridgehead atoms. The van der Waals surface area contributed by atoms with Gasteiger partial charge in [-0.15, -0.1) is 11.3 Å². The zero-order valence-electron chi connectivity index (χ0n) is 17.7. The predicted octanol–water partition coefficient (Wildman–Crippen LogP) is 8.83. The average molecular weight is 426 g/mol. The molecule has 0 amide bonds. The lowest BCUT2D eigenvalue weighted by molar-refractivity contribution is 0.628. The second-order valence-corrected chi connectivity index (χ2v) is 9.05. The first-order valence-corrected chi connectivity index (χ1v) is 11.7. The maximum Gasteiger partial charge on any atom is 0.123 e. The van der Waals surface area contributed by atoms with Gasteiger partial charge >= 0.3 is 0 Å². The molecular weight excluding hydrogens is 401 g/mol. The van der Waals surface area contributed by atoms with Crippen molar-refractivity contribution in [3.05, 3.63) is 90.4 Å². The first-order chi connectivity index (χ1) is 15.2. The number of pyridine rings is 1. The smallest absolute Gasteiger partial charge is 0.123 e. The summed E-state index contributed by atoms with van der Waals surface area (Å²) in [5.41, 5.74) is 5.51. The van der Waals surface area contributed by atoms with Crippen LogP contribution in [0.25, 0.3) is 42.6 Å². The molecule has 0 saturated carbocycles. The van der Waals surface area contributed by atoms with Crippen molar-refractivity contribution in [1.29, 1.82) is 0 Å². The number of halogens is 1. The van der Waals surface area contributed by atoms with Crippen LogP contribution in [0.4, 0.5) is 4.39 Å². The number of rotatable bonds is 5. The van der Waals surface area contributed by atoms with Crippen molar-refractivity contribution >= 4 is 31.5 Å². The van der Waals surface area contributed by atoms with Crippen LogP contribution in [-0.4, -0.2) is 4.98 Å². The van der Waals surface area contributed by atoms with E-state index in [0.717, 1.165) is 29.7 Å². The van der Waals surface area contributed by atoms with Gasteiger partial charge in [-0.1, -0.05) is 56.3 Å². The van der Waals surface area contributed by atoms with E-state index in [1.54, 1.807) is 23.5 Å². The van der Waals surface area contributed by atoms with Gasteiger partial charge in [0, 0.05) is 31.9 Å². The van der Waals surface area contributed by atoms with E-state index in [4.69, 9.17) is 4.98 Å². The number of fused-ring (bicyclic) bond motifs is 3. The van der Waals surface area contributed by atoms with Crippen LogP contribution < -0.4 is 0 Å². The minimum absolute atomic E-state index is 0.209. The summed E-state index contributed by atoms with van der Waals surface area (Å²) in [6.45, 7) is 4.49. The molecule has 3 aromatic carbocycles. The van der Waals surface area contributed by atoms with Gasteiger partial charge in [0.15, 0.2) is 0 Å². The molecule has 0 unspecified atom stereocenters. The molecule has 0 aliphatic rings. The van der Waals surface area contributed by atoms with Crippen LogP contribution in [0.2, 0.25) is 0 Å². The average Bonchev–Trinajstić information content (AvgIpc) is 3.18. The molecular formula is C28H24FNS. The highest BCUT2D eigenvalue weighted by Gasteiger charge is 2.14. The fourth-order valence-corrected chi connectivity index (χ4v) is 5.72. The van der Waals surface area contributed by atoms with Crippen LogP contribution in [0, 0.1) is 5.82 Å². The molecule has 0 aliphatic carbocycles. The Morgan fingerprint density at radius 1 is 0.839 bits per heavy atom. The molecule has 0 radical (unpaired) electrons. The summed E-state index contributed by atoms with van der Waals surface area (Å²) < 4.78 is 16.2. The van der Waals surface area contributed by atoms with E-state index in [0.29, 0.717) is 5.92 Å². The summed E-state index contributed by atoms with van der Waals surface area (Å²) in [4.78, 5) is 4.72. The fourth-order valence-electron chi connectivity index (χ4n) is 4.46. The van der Waals surface area contributed by atoms with Crippen LogP contribution in [-0.2, 0) is 0 Å². The molecule has 0 aliphatic heterocycles. The molecule has 1 nitrogen and oxygen atoms in total. The van der Waals surface area contributed by atoms with Gasteiger partial charge in [0.1, 0.15) is 5.82 Å². The number of hydrogen-bond donors (Lipinski definition) is 0. The number of hydrogen-bond acceptors (Lipinski definition) is 2. The Labute approximate surface area is 186 Å². The van der Waals surface area contributed by atoms with Crippen LogP contribution in [0.5, 0.6) is 0 Å². The topological polar surface area (TPSA) is 12.9 Å². The first kappa shape index (κ1) is 19.9. The van der Waals surface area contributed by atoms with E-state index in [1.807, 2.05) is 12.3 Å². The van der Waals surface area contributed by atoms with Gasteiger partial charge in [-0.3, -0.25) is 4.98 Å². The Morgan fingerprint density at radius 2 is 1.65 bits per heavy atom. The Hall–Kier alpha value is -3.04. The normalized spacial score (nSPS) is 11.6. The third kappa shape index (κ3) is 3.64. The fraction of sp³-hybridized carbons (Fsp3) is 0.179. The molecule has 3 heteroatoms. The van der Waals surface area contributed by atoms with Gasteiger partial charge in [0.05, 0.1) is 5.69 Å². The van der Waals surface area contributed by atoms with Crippen molar-refractivity contribution in [2.24, 2.45) is 0 Å². The Balaban J connectivity index is 1.66. The maximum absolute atomic E-state index is 13.7. The second-order valence-electron chi connectivity index (χ2n) is 7.99. The summed E-state index contributed by atoms with van der Waals surface area (Å²) in [5, 5.41) is 2.48. The highest BCUT2D eigenvalue weighted by atomic mass is 32.1. The lowest BCUT2D eigenvalue weighted by atomic mass is 9.93. The lowest BCUT2D eigenvalue weighted by Gasteiger charge is -2.13. The van der Waals surface area contributed by atoms with Crippen LogP contribution in [0.15, 0.2) is 79.0 Å². The van der Waals surface area contributed by atoms with Gasteiger partial charge in [0.25, 0.3) is 0 Å². The van der Waals surface area contributed by atoms with Crippen LogP contribution >= 0.6 is 11.3 Å². The van der Waals surface area contributed by atoms with Crippen molar-refractivity contribution in [3.63, 3.8) is 0 Å². The van der Waals surface area contributed by atoms with Gasteiger partial charge in [-0.2, -0.15) is 0 Å². The van der Waals surface area contributed by atoms with E-state index in [1.165, 1.54) is 37.4 Å². The van der Waals surface area contributed by atoms with Crippen molar-refractivity contribution in [1.82, 2.24) is 4.98 Å². The number of benzene rings is 3. The number of thiophene rings is 1. The SMILES string of the molecule is CCC(CC)c1ccnc(-c2cccc3c2sc2cc(-c4cccc(F)c4)ccc23)c1. The van der Waals surface area contributed by atoms with E-state index >= 15 is 0 Å². The van der Waals surface area contributed by atoms with E-state index in [-0.39, 0.29) is 5.82 Å². The minimum atomic E-state index is -0.209. The summed E-state index contributed by atoms with van der Waals surface area (Å²) >= 11 is 1.79. The molecule has 0 fully saturated rings. The Morgan fingerprint density at radius 3 is 2.45 bits per heavy atom. The molecule has 0 spiro atoms. The van der Waals surface area contributed by atoms with Crippen molar-refractivity contribution in [2.75, 3.05) is 0 Å². The van der Waals surface area contributed by atoms with E-state index in [9.17, 15) is 4.39 Å². The summed E-state index contributed by atoms with van der Waals surface area (Å²) in [5.74, 6) is 0.358. The predicted molar refractivity (Wildman–Crippen MR) is 131 cm³/mol. The van der Waals surface area contributed by atoms with Crippen LogP contribution in [0.3, 0.4) is 0 Å². The minimum Gasteiger partial charge on any atom is -0.256 e. The van der Waals surface area contributed by atoms with Crippen molar-refractivity contribution < 1.29 is 4.39 Å². The number of aromatic nitrogens is 1. The molecule has 154 valence electrons. The molecule has 5 aromatic rings. The van der Waals surface area contributed by atoms with Gasteiger partial charge in [-0.05, 0) is 65.8 Å². The van der Waals surface area contributed by atoms with Crippen molar-refractivity contribution in [3.8, 4) is 22.4 Å². The molecule has 0 saturated heterocycles.